The third-order valence-corrected chi connectivity index (χ3v) is 2.12. The Morgan fingerprint density at radius 2 is 1.69 bits per heavy atom. The van der Waals surface area contributed by atoms with Gasteiger partial charge >= 0.3 is 11.9 Å². The van der Waals surface area contributed by atoms with Crippen LogP contribution in [-0.4, -0.2) is 23.1 Å². The van der Waals surface area contributed by atoms with Gasteiger partial charge in [-0.25, -0.2) is 0 Å². The number of carbonyl (C=O) groups excluding carboxylic acids is 1. The molecule has 16 heavy (non-hydrogen) atoms. The number of rotatable bonds is 4. The van der Waals surface area contributed by atoms with Crippen LogP contribution in [0.2, 0.25) is 0 Å². The summed E-state index contributed by atoms with van der Waals surface area (Å²) >= 11 is 0. The maximum atomic E-state index is 10.4. The second-order valence-electron chi connectivity index (χ2n) is 4.43. The third-order valence-electron chi connectivity index (χ3n) is 2.12. The number of ether oxygens (including phenoxy) is 1. The van der Waals surface area contributed by atoms with Gasteiger partial charge in [0.15, 0.2) is 0 Å². The van der Waals surface area contributed by atoms with Crippen LogP contribution in [-0.2, 0) is 14.3 Å². The summed E-state index contributed by atoms with van der Waals surface area (Å²) in [7, 11) is 0. The molecule has 0 aromatic carbocycles. The van der Waals surface area contributed by atoms with Gasteiger partial charge in [-0.3, -0.25) is 9.59 Å². The lowest BCUT2D eigenvalue weighted by atomic mass is 9.91. The second-order valence-corrected chi connectivity index (χ2v) is 4.43. The highest BCUT2D eigenvalue weighted by Gasteiger charge is 2.23. The van der Waals surface area contributed by atoms with E-state index in [-0.39, 0.29) is 12.1 Å². The molecule has 0 saturated heterocycles. The first-order valence-electron chi connectivity index (χ1n) is 5.60. The van der Waals surface area contributed by atoms with Gasteiger partial charge in [0.2, 0.25) is 0 Å². The number of carbonyl (C=O) groups is 2. The average Bonchev–Trinajstić information content (AvgIpc) is 2.17. The van der Waals surface area contributed by atoms with Crippen molar-refractivity contribution < 1.29 is 19.4 Å². The molecule has 0 atom stereocenters. The lowest BCUT2D eigenvalue weighted by Gasteiger charge is -2.14. The van der Waals surface area contributed by atoms with Gasteiger partial charge in [-0.2, -0.15) is 0 Å². The Kier molecular flexibility index (Phi) is 8.81. The van der Waals surface area contributed by atoms with Gasteiger partial charge in [0.25, 0.3) is 0 Å². The molecule has 0 heterocycles. The summed E-state index contributed by atoms with van der Waals surface area (Å²) in [6, 6.07) is 0. The topological polar surface area (TPSA) is 63.6 Å². The maximum absolute atomic E-state index is 10.4. The van der Waals surface area contributed by atoms with Crippen molar-refractivity contribution in [2.45, 2.75) is 60.5 Å². The summed E-state index contributed by atoms with van der Waals surface area (Å²) in [6.07, 6.45) is 1.18. The zero-order valence-corrected chi connectivity index (χ0v) is 11.2. The number of hydrogen-bond acceptors (Lipinski definition) is 3. The molecule has 0 aliphatic carbocycles. The van der Waals surface area contributed by atoms with Crippen LogP contribution in [0.15, 0.2) is 0 Å². The largest absolute Gasteiger partial charge is 0.481 e. The third kappa shape index (κ3) is 9.49. The smallest absolute Gasteiger partial charge is 0.309 e. The number of esters is 1. The van der Waals surface area contributed by atoms with E-state index in [0.29, 0.717) is 12.8 Å². The van der Waals surface area contributed by atoms with Gasteiger partial charge in [-0.05, 0) is 34.1 Å². The first-order chi connectivity index (χ1) is 7.17. The number of carboxylic acids is 1. The molecular weight excluding hydrogens is 208 g/mol. The van der Waals surface area contributed by atoms with Gasteiger partial charge in [0.05, 0.1) is 11.5 Å². The maximum Gasteiger partial charge on any atom is 0.309 e. The van der Waals surface area contributed by atoms with Gasteiger partial charge < -0.3 is 9.84 Å². The van der Waals surface area contributed by atoms with E-state index in [1.54, 1.807) is 20.8 Å². The molecule has 96 valence electrons. The molecule has 0 bridgehead atoms. The van der Waals surface area contributed by atoms with E-state index in [4.69, 9.17) is 9.84 Å². The molecule has 0 fully saturated rings. The van der Waals surface area contributed by atoms with Crippen molar-refractivity contribution in [2.24, 2.45) is 5.41 Å². The van der Waals surface area contributed by atoms with E-state index < -0.39 is 11.4 Å². The monoisotopic (exact) mass is 232 g/mol. The lowest BCUT2D eigenvalue weighted by molar-refractivity contribution is -0.147. The van der Waals surface area contributed by atoms with Crippen LogP contribution >= 0.6 is 0 Å². The minimum atomic E-state index is -0.722. The van der Waals surface area contributed by atoms with Gasteiger partial charge in [0, 0.05) is 6.42 Å². The molecule has 0 amide bonds. The van der Waals surface area contributed by atoms with Crippen molar-refractivity contribution in [1.82, 2.24) is 0 Å². The van der Waals surface area contributed by atoms with Crippen molar-refractivity contribution in [3.63, 3.8) is 0 Å². The first kappa shape index (κ1) is 17.3. The summed E-state index contributed by atoms with van der Waals surface area (Å²) in [4.78, 5) is 20.7. The summed E-state index contributed by atoms with van der Waals surface area (Å²) in [6.45, 7) is 10.8. The summed E-state index contributed by atoms with van der Waals surface area (Å²) in [5.41, 5.74) is -0.542. The van der Waals surface area contributed by atoms with E-state index >= 15 is 0 Å². The highest BCUT2D eigenvalue weighted by Crippen LogP contribution is 2.18. The zero-order valence-electron chi connectivity index (χ0n) is 11.2. The van der Waals surface area contributed by atoms with E-state index in [0.717, 1.165) is 0 Å². The van der Waals surface area contributed by atoms with Crippen molar-refractivity contribution in [1.29, 1.82) is 0 Å². The van der Waals surface area contributed by atoms with E-state index in [1.165, 1.54) is 0 Å². The number of carboxylic acid groups (broad SMARTS) is 1. The molecule has 4 heteroatoms. The fourth-order valence-electron chi connectivity index (χ4n) is 0.497. The Bertz CT molecular complexity index is 219. The predicted molar refractivity (Wildman–Crippen MR) is 63.2 cm³/mol. The van der Waals surface area contributed by atoms with Crippen molar-refractivity contribution in [2.75, 3.05) is 0 Å². The van der Waals surface area contributed by atoms with Crippen molar-refractivity contribution >= 4 is 11.9 Å². The van der Waals surface area contributed by atoms with Crippen LogP contribution in [0.1, 0.15) is 54.4 Å². The summed E-state index contributed by atoms with van der Waals surface area (Å²) in [5, 5.41) is 8.44. The SMILES string of the molecule is CCC(=O)OC(C)C.CCC(C)(C)C(=O)O. The molecular formula is C12H24O4. The Balaban J connectivity index is 0. The normalized spacial score (nSPS) is 10.4. The quantitative estimate of drug-likeness (QED) is 0.757. The zero-order chi connectivity index (χ0) is 13.4. The molecule has 0 spiro atoms. The summed E-state index contributed by atoms with van der Waals surface area (Å²) < 4.78 is 4.76. The molecule has 1 N–H and O–H groups in total. The van der Waals surface area contributed by atoms with E-state index in [1.807, 2.05) is 20.8 Å². The molecule has 0 unspecified atom stereocenters. The van der Waals surface area contributed by atoms with E-state index in [2.05, 4.69) is 0 Å². The first-order valence-corrected chi connectivity index (χ1v) is 5.60. The fraction of sp³-hybridized carbons (Fsp3) is 0.833. The molecule has 0 aromatic rings. The van der Waals surface area contributed by atoms with E-state index in [9.17, 15) is 9.59 Å². The van der Waals surface area contributed by atoms with Crippen LogP contribution in [0.3, 0.4) is 0 Å². The molecule has 0 aliphatic heterocycles. The van der Waals surface area contributed by atoms with Gasteiger partial charge in [-0.1, -0.05) is 13.8 Å². The Morgan fingerprint density at radius 1 is 1.25 bits per heavy atom. The Labute approximate surface area is 98.0 Å². The average molecular weight is 232 g/mol. The standard InChI is InChI=1S/2C6H12O2/c1-4-6(2,3)5(7)8;1-4-6(7)8-5(2)3/h4H2,1-3H3,(H,7,8);5H,4H2,1-3H3. The van der Waals surface area contributed by atoms with Crippen LogP contribution in [0.4, 0.5) is 0 Å². The molecule has 0 rings (SSSR count). The highest BCUT2D eigenvalue weighted by molar-refractivity contribution is 5.73. The second kappa shape index (κ2) is 8.13. The molecule has 0 radical (unpaired) electrons. The Hall–Kier alpha value is -1.06. The van der Waals surface area contributed by atoms with Crippen LogP contribution < -0.4 is 0 Å². The van der Waals surface area contributed by atoms with Crippen LogP contribution in [0.5, 0.6) is 0 Å². The molecule has 0 saturated carbocycles. The number of aliphatic carboxylic acids is 1. The minimum absolute atomic E-state index is 0.0300. The number of hydrogen-bond donors (Lipinski definition) is 1. The van der Waals surface area contributed by atoms with Crippen molar-refractivity contribution in [3.05, 3.63) is 0 Å². The van der Waals surface area contributed by atoms with Crippen LogP contribution in [0, 0.1) is 5.41 Å². The molecule has 0 aromatic heterocycles. The predicted octanol–water partition coefficient (Wildman–Crippen LogP) is 2.86. The van der Waals surface area contributed by atoms with Gasteiger partial charge in [0.1, 0.15) is 0 Å². The Morgan fingerprint density at radius 3 is 1.75 bits per heavy atom. The molecule has 0 aliphatic rings. The lowest BCUT2D eigenvalue weighted by Crippen LogP contribution is -2.21. The van der Waals surface area contributed by atoms with Crippen LogP contribution in [0.25, 0.3) is 0 Å². The van der Waals surface area contributed by atoms with Gasteiger partial charge in [-0.15, -0.1) is 0 Å². The van der Waals surface area contributed by atoms with Crippen molar-refractivity contribution in [3.8, 4) is 0 Å². The fourth-order valence-corrected chi connectivity index (χ4v) is 0.497. The molecule has 4 nitrogen and oxygen atoms in total. The highest BCUT2D eigenvalue weighted by atomic mass is 16.5. The minimum Gasteiger partial charge on any atom is -0.481 e. The summed E-state index contributed by atoms with van der Waals surface area (Å²) in [5.74, 6) is -0.847.